The first kappa shape index (κ1) is 16.4. The summed E-state index contributed by atoms with van der Waals surface area (Å²) in [4.78, 5) is 16.4. The van der Waals surface area contributed by atoms with Gasteiger partial charge in [-0.25, -0.2) is 13.4 Å². The van der Waals surface area contributed by atoms with E-state index in [2.05, 4.69) is 24.1 Å². The summed E-state index contributed by atoms with van der Waals surface area (Å²) in [6.45, 7) is 4.13. The minimum atomic E-state index is -3.26. The van der Waals surface area contributed by atoms with Crippen LogP contribution in [0.15, 0.2) is 35.7 Å². The maximum absolute atomic E-state index is 12.4. The largest absolute Gasteiger partial charge is 0.493 e. The molecule has 126 valence electrons. The van der Waals surface area contributed by atoms with Crippen molar-refractivity contribution in [3.05, 3.63) is 46.9 Å². The molecule has 1 atom stereocenters. The van der Waals surface area contributed by atoms with Gasteiger partial charge in [0.15, 0.2) is 9.84 Å². The van der Waals surface area contributed by atoms with E-state index >= 15 is 0 Å². The quantitative estimate of drug-likeness (QED) is 0.887. The van der Waals surface area contributed by atoms with Gasteiger partial charge < -0.3 is 10.4 Å². The van der Waals surface area contributed by atoms with Gasteiger partial charge in [0.1, 0.15) is 5.56 Å². The molecule has 3 rings (SSSR count). The van der Waals surface area contributed by atoms with Gasteiger partial charge in [-0.3, -0.25) is 4.79 Å². The van der Waals surface area contributed by atoms with Gasteiger partial charge >= 0.3 is 0 Å². The van der Waals surface area contributed by atoms with Crippen LogP contribution in [0.1, 0.15) is 35.7 Å². The molecule has 2 N–H and O–H groups in total. The zero-order valence-electron chi connectivity index (χ0n) is 13.4. The number of aromatic hydroxyl groups is 1. The van der Waals surface area contributed by atoms with E-state index in [0.29, 0.717) is 11.4 Å². The first-order chi connectivity index (χ1) is 11.2. The number of sulfone groups is 1. The van der Waals surface area contributed by atoms with Crippen molar-refractivity contribution in [1.82, 2.24) is 10.3 Å². The number of carbonyl (C=O) groups excluding carboxylic acids is 1. The lowest BCUT2D eigenvalue weighted by Crippen LogP contribution is -2.35. The van der Waals surface area contributed by atoms with E-state index in [4.69, 9.17) is 0 Å². The smallest absolute Gasteiger partial charge is 0.257 e. The molecule has 0 radical (unpaired) electrons. The van der Waals surface area contributed by atoms with E-state index in [1.165, 1.54) is 6.08 Å². The Balaban J connectivity index is 1.92. The molecule has 0 bridgehead atoms. The number of carbonyl (C=O) groups is 1. The van der Waals surface area contributed by atoms with Crippen LogP contribution >= 0.6 is 0 Å². The van der Waals surface area contributed by atoms with Crippen molar-refractivity contribution < 1.29 is 18.3 Å². The predicted octanol–water partition coefficient (Wildman–Crippen LogP) is 2.10. The summed E-state index contributed by atoms with van der Waals surface area (Å²) >= 11 is 0. The Hall–Kier alpha value is -2.41. The summed E-state index contributed by atoms with van der Waals surface area (Å²) in [5.74, 6) is -0.766. The van der Waals surface area contributed by atoms with Crippen molar-refractivity contribution in [2.45, 2.75) is 25.8 Å². The van der Waals surface area contributed by atoms with Crippen molar-refractivity contribution in [3.8, 4) is 5.88 Å². The van der Waals surface area contributed by atoms with Crippen LogP contribution in [0, 0.1) is 0 Å². The van der Waals surface area contributed by atoms with Crippen LogP contribution in [-0.4, -0.2) is 36.2 Å². The van der Waals surface area contributed by atoms with Crippen LogP contribution in [0.4, 0.5) is 0 Å². The van der Waals surface area contributed by atoms with Crippen molar-refractivity contribution in [2.24, 2.45) is 0 Å². The monoisotopic (exact) mass is 346 g/mol. The van der Waals surface area contributed by atoms with E-state index < -0.39 is 21.8 Å². The van der Waals surface area contributed by atoms with Crippen LogP contribution in [0.5, 0.6) is 5.88 Å². The number of nitrogens with one attached hydrogen (secondary N) is 1. The fourth-order valence-electron chi connectivity index (χ4n) is 2.62. The number of pyridine rings is 1. The molecule has 0 aliphatic carbocycles. The number of benzene rings is 1. The average Bonchev–Trinajstić information content (AvgIpc) is 2.84. The Morgan fingerprint density at radius 3 is 2.71 bits per heavy atom. The lowest BCUT2D eigenvalue weighted by atomic mass is 10.0. The Morgan fingerprint density at radius 1 is 1.33 bits per heavy atom. The van der Waals surface area contributed by atoms with Gasteiger partial charge in [0, 0.05) is 10.8 Å². The molecule has 24 heavy (non-hydrogen) atoms. The highest BCUT2D eigenvalue weighted by Gasteiger charge is 2.25. The van der Waals surface area contributed by atoms with E-state index in [0.717, 1.165) is 16.4 Å². The lowest BCUT2D eigenvalue weighted by molar-refractivity contribution is 0.0944. The maximum atomic E-state index is 12.4. The highest BCUT2D eigenvalue weighted by molar-refractivity contribution is 7.94. The second kappa shape index (κ2) is 5.90. The molecule has 1 aromatic heterocycles. The van der Waals surface area contributed by atoms with Crippen molar-refractivity contribution >= 4 is 26.6 Å². The molecule has 1 amide bonds. The summed E-state index contributed by atoms with van der Waals surface area (Å²) in [5, 5.41) is 14.5. The van der Waals surface area contributed by atoms with Gasteiger partial charge in [0.25, 0.3) is 5.91 Å². The summed E-state index contributed by atoms with van der Waals surface area (Å²) < 4.78 is 22.8. The van der Waals surface area contributed by atoms with Crippen molar-refractivity contribution in [1.29, 1.82) is 0 Å². The summed E-state index contributed by atoms with van der Waals surface area (Å²) in [6.07, 6.45) is 1.43. The fourth-order valence-corrected chi connectivity index (χ4v) is 3.86. The van der Waals surface area contributed by atoms with Gasteiger partial charge in [-0.05, 0) is 35.8 Å². The average molecular weight is 346 g/mol. The third-order valence-corrected chi connectivity index (χ3v) is 5.37. The Kier molecular flexibility index (Phi) is 4.04. The second-order valence-corrected chi connectivity index (χ2v) is 8.14. The van der Waals surface area contributed by atoms with Gasteiger partial charge in [0.2, 0.25) is 5.88 Å². The zero-order valence-corrected chi connectivity index (χ0v) is 14.2. The highest BCUT2D eigenvalue weighted by atomic mass is 32.2. The first-order valence-electron chi connectivity index (χ1n) is 7.61. The van der Waals surface area contributed by atoms with E-state index in [1.807, 2.05) is 12.1 Å². The van der Waals surface area contributed by atoms with E-state index in [-0.39, 0.29) is 17.2 Å². The molecule has 7 heteroatoms. The molecule has 1 aromatic carbocycles. The predicted molar refractivity (Wildman–Crippen MR) is 91.7 cm³/mol. The van der Waals surface area contributed by atoms with Gasteiger partial charge in [-0.15, -0.1) is 0 Å². The molecular formula is C17H18N2O4S. The van der Waals surface area contributed by atoms with E-state index in [1.54, 1.807) is 12.1 Å². The summed E-state index contributed by atoms with van der Waals surface area (Å²) in [6, 6.07) is 6.65. The molecule has 2 aromatic rings. The van der Waals surface area contributed by atoms with Crippen LogP contribution in [0.2, 0.25) is 0 Å². The summed E-state index contributed by atoms with van der Waals surface area (Å²) in [7, 11) is -3.26. The van der Waals surface area contributed by atoms with Crippen LogP contribution in [-0.2, 0) is 9.84 Å². The van der Waals surface area contributed by atoms with Crippen LogP contribution < -0.4 is 5.32 Å². The number of amides is 1. The van der Waals surface area contributed by atoms with Crippen molar-refractivity contribution in [3.63, 3.8) is 0 Å². The molecule has 6 nitrogen and oxygen atoms in total. The van der Waals surface area contributed by atoms with Crippen molar-refractivity contribution in [2.75, 3.05) is 5.75 Å². The van der Waals surface area contributed by atoms with Gasteiger partial charge in [-0.2, -0.15) is 0 Å². The number of hydrogen-bond donors (Lipinski definition) is 2. The number of fused-ring (bicyclic) bond motifs is 1. The maximum Gasteiger partial charge on any atom is 0.257 e. The minimum Gasteiger partial charge on any atom is -0.493 e. The molecule has 2 heterocycles. The molecule has 0 spiro atoms. The standard InChI is InChI=1S/C17H18N2O4S/c1-10(2)11-3-4-15-12(7-11)8-14(17(21)19-15)16(20)18-13-5-6-24(22,23)9-13/h3-8,10,13H,9H2,1-2H3,(H,18,20)(H,19,21). The third-order valence-electron chi connectivity index (χ3n) is 3.98. The Morgan fingerprint density at radius 2 is 2.08 bits per heavy atom. The Labute approximate surface area is 140 Å². The lowest BCUT2D eigenvalue weighted by Gasteiger charge is -2.12. The number of hydrogen-bond acceptors (Lipinski definition) is 5. The van der Waals surface area contributed by atoms with Gasteiger partial charge in [0.05, 0.1) is 17.3 Å². The topological polar surface area (TPSA) is 96.4 Å². The highest BCUT2D eigenvalue weighted by Crippen LogP contribution is 2.25. The van der Waals surface area contributed by atoms with Crippen LogP contribution in [0.3, 0.4) is 0 Å². The van der Waals surface area contributed by atoms with Crippen LogP contribution in [0.25, 0.3) is 10.9 Å². The fraction of sp³-hybridized carbons (Fsp3) is 0.294. The first-order valence-corrected chi connectivity index (χ1v) is 9.32. The SMILES string of the molecule is CC(C)c1ccc2nc(O)c(C(=O)NC3C=CS(=O)(=O)C3)cc2c1. The number of aromatic nitrogens is 1. The molecule has 1 unspecified atom stereocenters. The second-order valence-electron chi connectivity index (χ2n) is 6.20. The molecule has 0 fully saturated rings. The molecular weight excluding hydrogens is 328 g/mol. The molecule has 1 aliphatic rings. The molecule has 1 aliphatic heterocycles. The number of nitrogens with zero attached hydrogens (tertiary/aromatic N) is 1. The normalized spacial score (nSPS) is 19.0. The Bertz CT molecular complexity index is 948. The third kappa shape index (κ3) is 3.26. The van der Waals surface area contributed by atoms with Gasteiger partial charge in [-0.1, -0.05) is 19.9 Å². The summed E-state index contributed by atoms with van der Waals surface area (Å²) in [5.41, 5.74) is 1.73. The molecule has 0 saturated heterocycles. The minimum absolute atomic E-state index is 0.0288. The number of rotatable bonds is 3. The van der Waals surface area contributed by atoms with E-state index in [9.17, 15) is 18.3 Å². The molecule has 0 saturated carbocycles. The zero-order chi connectivity index (χ0) is 17.5.